The maximum absolute atomic E-state index is 13.0. The fraction of sp³-hybridized carbons (Fsp3) is 0.850. The molecular weight excluding hydrogens is 348 g/mol. The quantitative estimate of drug-likeness (QED) is 0.710. The molecule has 1 rings (SSSR count). The molecule has 1 aliphatic carbocycles. The first kappa shape index (κ1) is 23.2. The molecule has 156 valence electrons. The normalized spacial score (nSPS) is 18.2. The van der Waals surface area contributed by atoms with Crippen LogP contribution in [0.5, 0.6) is 0 Å². The highest BCUT2D eigenvalue weighted by Gasteiger charge is 2.38. The average molecular weight is 385 g/mol. The topological polar surface area (TPSA) is 93.7 Å². The number of ether oxygens (including phenoxy) is 2. The molecule has 1 saturated carbocycles. The summed E-state index contributed by atoms with van der Waals surface area (Å²) in [6.45, 7) is 10.9. The Morgan fingerprint density at radius 2 is 1.48 bits per heavy atom. The van der Waals surface area contributed by atoms with Gasteiger partial charge >= 0.3 is 12.1 Å². The van der Waals surface area contributed by atoms with Gasteiger partial charge in [-0.3, -0.25) is 4.79 Å². The summed E-state index contributed by atoms with van der Waals surface area (Å²) < 4.78 is 10.2. The Hall–Kier alpha value is -1.79. The van der Waals surface area contributed by atoms with E-state index >= 15 is 0 Å². The Morgan fingerprint density at radius 1 is 0.926 bits per heavy atom. The first-order chi connectivity index (χ1) is 12.3. The van der Waals surface area contributed by atoms with E-state index in [0.717, 1.165) is 32.1 Å². The lowest BCUT2D eigenvalue weighted by Gasteiger charge is -2.34. The zero-order chi connectivity index (χ0) is 20.8. The number of carbonyl (C=O) groups excluding carboxylic acids is 3. The van der Waals surface area contributed by atoms with E-state index in [1.165, 1.54) is 7.11 Å². The molecule has 0 spiro atoms. The number of esters is 1. The second kappa shape index (κ2) is 9.42. The highest BCUT2D eigenvalue weighted by atomic mass is 16.6. The largest absolute Gasteiger partial charge is 0.467 e. The molecule has 7 heteroatoms. The lowest BCUT2D eigenvalue weighted by atomic mass is 9.82. The van der Waals surface area contributed by atoms with Crippen LogP contribution < -0.4 is 10.6 Å². The molecule has 0 aromatic heterocycles. The average Bonchev–Trinajstić information content (AvgIpc) is 2.54. The highest BCUT2D eigenvalue weighted by molar-refractivity contribution is 5.90. The van der Waals surface area contributed by atoms with Gasteiger partial charge in [-0.05, 0) is 44.9 Å². The van der Waals surface area contributed by atoms with Gasteiger partial charge in [-0.25, -0.2) is 9.59 Å². The predicted molar refractivity (Wildman–Crippen MR) is 103 cm³/mol. The lowest BCUT2D eigenvalue weighted by molar-refractivity contribution is -0.148. The maximum Gasteiger partial charge on any atom is 0.408 e. The summed E-state index contributed by atoms with van der Waals surface area (Å²) in [6.07, 6.45) is 4.25. The van der Waals surface area contributed by atoms with Gasteiger partial charge < -0.3 is 20.1 Å². The molecule has 1 fully saturated rings. The Balaban J connectivity index is 2.97. The first-order valence-electron chi connectivity index (χ1n) is 9.73. The number of hydrogen-bond acceptors (Lipinski definition) is 5. The van der Waals surface area contributed by atoms with Crippen molar-refractivity contribution >= 4 is 18.0 Å². The maximum atomic E-state index is 13.0. The molecule has 2 N–H and O–H groups in total. The van der Waals surface area contributed by atoms with Gasteiger partial charge in [0, 0.05) is 0 Å². The molecular formula is C20H36N2O5. The molecule has 0 aliphatic heterocycles. The van der Waals surface area contributed by atoms with Gasteiger partial charge in [-0.2, -0.15) is 0 Å². The van der Waals surface area contributed by atoms with Crippen molar-refractivity contribution in [3.05, 3.63) is 0 Å². The number of amides is 2. The third-order valence-electron chi connectivity index (χ3n) is 4.67. The third kappa shape index (κ3) is 7.77. The smallest absolute Gasteiger partial charge is 0.408 e. The minimum atomic E-state index is -0.804. The molecule has 7 nitrogen and oxygen atoms in total. The van der Waals surface area contributed by atoms with Crippen LogP contribution in [-0.2, 0) is 19.1 Å². The van der Waals surface area contributed by atoms with Crippen LogP contribution in [-0.4, -0.2) is 42.8 Å². The molecule has 27 heavy (non-hydrogen) atoms. The molecule has 0 aromatic carbocycles. The molecule has 0 bridgehead atoms. The zero-order valence-corrected chi connectivity index (χ0v) is 17.8. The molecule has 1 aliphatic rings. The van der Waals surface area contributed by atoms with Crippen LogP contribution in [0.3, 0.4) is 0 Å². The minimum Gasteiger partial charge on any atom is -0.467 e. The van der Waals surface area contributed by atoms with E-state index in [-0.39, 0.29) is 11.8 Å². The molecule has 0 saturated heterocycles. The summed E-state index contributed by atoms with van der Waals surface area (Å²) in [5, 5.41) is 5.52. The van der Waals surface area contributed by atoms with E-state index < -0.39 is 35.2 Å². The Morgan fingerprint density at radius 3 is 1.93 bits per heavy atom. The number of rotatable bonds is 5. The first-order valence-corrected chi connectivity index (χ1v) is 9.73. The van der Waals surface area contributed by atoms with Gasteiger partial charge in [0.1, 0.15) is 17.7 Å². The van der Waals surface area contributed by atoms with Crippen molar-refractivity contribution in [2.45, 2.75) is 91.3 Å². The summed E-state index contributed by atoms with van der Waals surface area (Å²) in [4.78, 5) is 37.5. The van der Waals surface area contributed by atoms with Gasteiger partial charge in [-0.15, -0.1) is 0 Å². The monoisotopic (exact) mass is 384 g/mol. The third-order valence-corrected chi connectivity index (χ3v) is 4.67. The molecule has 1 unspecified atom stereocenters. The molecule has 2 atom stereocenters. The minimum absolute atomic E-state index is 0.0181. The van der Waals surface area contributed by atoms with Crippen LogP contribution in [0.1, 0.15) is 73.6 Å². The van der Waals surface area contributed by atoms with Gasteiger partial charge in [0.25, 0.3) is 0 Å². The second-order valence-electron chi connectivity index (χ2n) is 9.35. The van der Waals surface area contributed by atoms with Crippen LogP contribution in [0.4, 0.5) is 4.79 Å². The Labute approximate surface area is 162 Å². The number of hydrogen-bond donors (Lipinski definition) is 2. The van der Waals surface area contributed by atoms with Crippen molar-refractivity contribution in [2.24, 2.45) is 11.3 Å². The van der Waals surface area contributed by atoms with E-state index in [9.17, 15) is 14.4 Å². The number of nitrogens with one attached hydrogen (secondary N) is 2. The fourth-order valence-corrected chi connectivity index (χ4v) is 3.28. The standard InChI is InChI=1S/C20H36N2O5/c1-19(2,3)15(17(24)26-7)22-16(23)14(13-11-9-8-10-12-13)21-18(25)27-20(4,5)6/h13-15H,8-12H2,1-7H3,(H,21,25)(H,22,23)/t14-,15?/m1/s1. The van der Waals surface area contributed by atoms with E-state index in [0.29, 0.717) is 0 Å². The van der Waals surface area contributed by atoms with Crippen molar-refractivity contribution in [2.75, 3.05) is 7.11 Å². The molecule has 0 aromatic rings. The molecule has 0 radical (unpaired) electrons. The summed E-state index contributed by atoms with van der Waals surface area (Å²) in [6, 6.07) is -1.55. The Kier molecular flexibility index (Phi) is 8.11. The van der Waals surface area contributed by atoms with Crippen LogP contribution in [0.2, 0.25) is 0 Å². The van der Waals surface area contributed by atoms with Gasteiger partial charge in [0.05, 0.1) is 7.11 Å². The van der Waals surface area contributed by atoms with Crippen LogP contribution in [0.25, 0.3) is 0 Å². The fourth-order valence-electron chi connectivity index (χ4n) is 3.28. The van der Waals surface area contributed by atoms with Crippen molar-refractivity contribution < 1.29 is 23.9 Å². The predicted octanol–water partition coefficient (Wildman–Crippen LogP) is 3.16. The second-order valence-corrected chi connectivity index (χ2v) is 9.35. The van der Waals surface area contributed by atoms with Crippen LogP contribution in [0, 0.1) is 11.3 Å². The number of alkyl carbamates (subject to hydrolysis) is 1. The van der Waals surface area contributed by atoms with Crippen LogP contribution >= 0.6 is 0 Å². The number of methoxy groups -OCH3 is 1. The summed E-state index contributed by atoms with van der Waals surface area (Å²) in [5.74, 6) is -0.863. The van der Waals surface area contributed by atoms with Gasteiger partial charge in [0.2, 0.25) is 5.91 Å². The summed E-state index contributed by atoms with van der Waals surface area (Å²) in [5.41, 5.74) is -1.18. The van der Waals surface area contributed by atoms with Crippen LogP contribution in [0.15, 0.2) is 0 Å². The Bertz CT molecular complexity index is 527. The summed E-state index contributed by atoms with van der Waals surface area (Å²) >= 11 is 0. The highest BCUT2D eigenvalue weighted by Crippen LogP contribution is 2.28. The summed E-state index contributed by atoms with van der Waals surface area (Å²) in [7, 11) is 1.30. The van der Waals surface area contributed by atoms with E-state index in [4.69, 9.17) is 9.47 Å². The molecule has 0 heterocycles. The lowest BCUT2D eigenvalue weighted by Crippen LogP contribution is -2.58. The zero-order valence-electron chi connectivity index (χ0n) is 17.8. The van der Waals surface area contributed by atoms with Gasteiger partial charge in [0.15, 0.2) is 0 Å². The van der Waals surface area contributed by atoms with Crippen molar-refractivity contribution in [3.63, 3.8) is 0 Å². The van der Waals surface area contributed by atoms with Crippen molar-refractivity contribution in [3.8, 4) is 0 Å². The van der Waals surface area contributed by atoms with Crippen molar-refractivity contribution in [1.82, 2.24) is 10.6 Å². The molecule has 2 amide bonds. The van der Waals surface area contributed by atoms with E-state index in [1.807, 2.05) is 20.8 Å². The SMILES string of the molecule is COC(=O)C(NC(=O)[C@H](NC(=O)OC(C)(C)C)C1CCCCC1)C(C)(C)C. The van der Waals surface area contributed by atoms with Crippen molar-refractivity contribution in [1.29, 1.82) is 0 Å². The van der Waals surface area contributed by atoms with Gasteiger partial charge in [-0.1, -0.05) is 40.0 Å². The van der Waals surface area contributed by atoms with E-state index in [2.05, 4.69) is 10.6 Å². The van der Waals surface area contributed by atoms with E-state index in [1.54, 1.807) is 20.8 Å². The number of carbonyl (C=O) groups is 3.